The number of furan rings is 1. The van der Waals surface area contributed by atoms with E-state index in [0.29, 0.717) is 12.1 Å². The Morgan fingerprint density at radius 2 is 2.05 bits per heavy atom. The summed E-state index contributed by atoms with van der Waals surface area (Å²) < 4.78 is 5.60. The molecule has 0 bridgehead atoms. The number of nitrogens with one attached hydrogen (secondary N) is 2. The maximum Gasteiger partial charge on any atom is 0.117 e. The van der Waals surface area contributed by atoms with E-state index in [1.54, 1.807) is 0 Å². The van der Waals surface area contributed by atoms with Gasteiger partial charge in [-0.3, -0.25) is 0 Å². The van der Waals surface area contributed by atoms with Crippen molar-refractivity contribution in [1.29, 1.82) is 0 Å². The average molecular weight is 256 g/mol. The standard InChI is InChI=1S/C16H20N2O/c1-12-7-8-14(19-12)11-18-15-9-10-17-16(15)13-5-3-2-4-6-13/h2-8,15-18H,9-11H2,1H3/t15-,16-/m0/s1. The predicted octanol–water partition coefficient (Wildman–Crippen LogP) is 2.78. The van der Waals surface area contributed by atoms with Gasteiger partial charge in [-0.2, -0.15) is 0 Å². The summed E-state index contributed by atoms with van der Waals surface area (Å²) in [6, 6.07) is 15.6. The van der Waals surface area contributed by atoms with Gasteiger partial charge >= 0.3 is 0 Å². The molecule has 100 valence electrons. The number of hydrogen-bond acceptors (Lipinski definition) is 3. The van der Waals surface area contributed by atoms with Gasteiger partial charge in [0.2, 0.25) is 0 Å². The molecule has 3 heteroatoms. The number of aryl methyl sites for hydroxylation is 1. The Bertz CT molecular complexity index is 521. The smallest absolute Gasteiger partial charge is 0.117 e. The molecule has 1 saturated heterocycles. The van der Waals surface area contributed by atoms with Crippen molar-refractivity contribution in [3.63, 3.8) is 0 Å². The third-order valence-electron chi connectivity index (χ3n) is 3.72. The zero-order valence-electron chi connectivity index (χ0n) is 11.2. The molecule has 0 saturated carbocycles. The molecule has 2 aromatic rings. The van der Waals surface area contributed by atoms with Crippen LogP contribution in [0.4, 0.5) is 0 Å². The molecule has 1 fully saturated rings. The van der Waals surface area contributed by atoms with E-state index >= 15 is 0 Å². The van der Waals surface area contributed by atoms with Crippen LogP contribution in [0.1, 0.15) is 29.5 Å². The van der Waals surface area contributed by atoms with Crippen LogP contribution in [0, 0.1) is 6.92 Å². The van der Waals surface area contributed by atoms with E-state index in [4.69, 9.17) is 4.42 Å². The first-order valence-corrected chi connectivity index (χ1v) is 6.90. The first-order valence-electron chi connectivity index (χ1n) is 6.90. The van der Waals surface area contributed by atoms with Gasteiger partial charge in [0, 0.05) is 12.1 Å². The predicted molar refractivity (Wildman–Crippen MR) is 75.9 cm³/mol. The average Bonchev–Trinajstić information content (AvgIpc) is 3.06. The highest BCUT2D eigenvalue weighted by Gasteiger charge is 2.27. The summed E-state index contributed by atoms with van der Waals surface area (Å²) in [4.78, 5) is 0. The largest absolute Gasteiger partial charge is 0.465 e. The van der Waals surface area contributed by atoms with Gasteiger partial charge in [0.05, 0.1) is 6.54 Å². The van der Waals surface area contributed by atoms with Crippen molar-refractivity contribution >= 4 is 0 Å². The highest BCUT2D eigenvalue weighted by atomic mass is 16.3. The summed E-state index contributed by atoms with van der Waals surface area (Å²) in [6.07, 6.45) is 1.15. The first-order chi connectivity index (χ1) is 9.33. The van der Waals surface area contributed by atoms with Gasteiger partial charge in [-0.25, -0.2) is 0 Å². The second-order valence-corrected chi connectivity index (χ2v) is 5.13. The molecular weight excluding hydrogens is 236 g/mol. The highest BCUT2D eigenvalue weighted by molar-refractivity contribution is 5.22. The molecule has 1 aromatic heterocycles. The van der Waals surface area contributed by atoms with Crippen LogP contribution in [0.25, 0.3) is 0 Å². The molecule has 2 heterocycles. The minimum atomic E-state index is 0.400. The molecule has 2 atom stereocenters. The fourth-order valence-corrected chi connectivity index (χ4v) is 2.75. The van der Waals surface area contributed by atoms with Crippen LogP contribution in [-0.4, -0.2) is 12.6 Å². The third-order valence-corrected chi connectivity index (χ3v) is 3.72. The molecular formula is C16H20N2O. The molecule has 0 unspecified atom stereocenters. The minimum absolute atomic E-state index is 0.400. The zero-order chi connectivity index (χ0) is 13.1. The number of rotatable bonds is 4. The van der Waals surface area contributed by atoms with Crippen LogP contribution in [0.5, 0.6) is 0 Å². The second kappa shape index (κ2) is 5.59. The van der Waals surface area contributed by atoms with Crippen molar-refractivity contribution in [3.8, 4) is 0 Å². The first kappa shape index (κ1) is 12.5. The Balaban J connectivity index is 1.64. The fourth-order valence-electron chi connectivity index (χ4n) is 2.75. The molecule has 1 aliphatic rings. The second-order valence-electron chi connectivity index (χ2n) is 5.13. The van der Waals surface area contributed by atoms with Crippen molar-refractivity contribution in [2.24, 2.45) is 0 Å². The van der Waals surface area contributed by atoms with Gasteiger partial charge in [0.25, 0.3) is 0 Å². The molecule has 1 aliphatic heterocycles. The Morgan fingerprint density at radius 3 is 2.79 bits per heavy atom. The Labute approximate surface area is 114 Å². The fraction of sp³-hybridized carbons (Fsp3) is 0.375. The van der Waals surface area contributed by atoms with Crippen LogP contribution in [-0.2, 0) is 6.54 Å². The van der Waals surface area contributed by atoms with E-state index in [-0.39, 0.29) is 0 Å². The molecule has 0 aliphatic carbocycles. The number of hydrogen-bond donors (Lipinski definition) is 2. The van der Waals surface area contributed by atoms with Crippen LogP contribution in [0.2, 0.25) is 0 Å². The monoisotopic (exact) mass is 256 g/mol. The van der Waals surface area contributed by atoms with Gasteiger partial charge in [-0.05, 0) is 37.6 Å². The maximum atomic E-state index is 5.60. The van der Waals surface area contributed by atoms with Crippen LogP contribution < -0.4 is 10.6 Å². The molecule has 19 heavy (non-hydrogen) atoms. The minimum Gasteiger partial charge on any atom is -0.465 e. The van der Waals surface area contributed by atoms with Crippen LogP contribution in [0.3, 0.4) is 0 Å². The van der Waals surface area contributed by atoms with Gasteiger partial charge in [0.15, 0.2) is 0 Å². The van der Waals surface area contributed by atoms with Crippen molar-refractivity contribution in [2.45, 2.75) is 32.0 Å². The maximum absolute atomic E-state index is 5.60. The number of benzene rings is 1. The molecule has 0 radical (unpaired) electrons. The lowest BCUT2D eigenvalue weighted by molar-refractivity contribution is 0.410. The van der Waals surface area contributed by atoms with Gasteiger partial charge in [-0.15, -0.1) is 0 Å². The molecule has 1 aromatic carbocycles. The normalized spacial score (nSPS) is 22.8. The van der Waals surface area contributed by atoms with Crippen molar-refractivity contribution < 1.29 is 4.42 Å². The Morgan fingerprint density at radius 1 is 1.21 bits per heavy atom. The third kappa shape index (κ3) is 2.88. The lowest BCUT2D eigenvalue weighted by Crippen LogP contribution is -2.33. The summed E-state index contributed by atoms with van der Waals surface area (Å²) in [6.45, 7) is 3.84. The molecule has 0 spiro atoms. The van der Waals surface area contributed by atoms with Crippen LogP contribution >= 0.6 is 0 Å². The van der Waals surface area contributed by atoms with E-state index in [1.807, 2.05) is 19.1 Å². The SMILES string of the molecule is Cc1ccc(CN[C@H]2CCN[C@H]2c2ccccc2)o1. The van der Waals surface area contributed by atoms with Gasteiger partial charge in [-0.1, -0.05) is 30.3 Å². The zero-order valence-corrected chi connectivity index (χ0v) is 11.2. The lowest BCUT2D eigenvalue weighted by atomic mass is 10.0. The van der Waals surface area contributed by atoms with E-state index < -0.39 is 0 Å². The summed E-state index contributed by atoms with van der Waals surface area (Å²) in [5, 5.41) is 7.17. The summed E-state index contributed by atoms with van der Waals surface area (Å²) >= 11 is 0. The van der Waals surface area contributed by atoms with Crippen molar-refractivity contribution in [2.75, 3.05) is 6.54 Å². The summed E-state index contributed by atoms with van der Waals surface area (Å²) in [5.41, 5.74) is 1.35. The van der Waals surface area contributed by atoms with Crippen LogP contribution in [0.15, 0.2) is 46.9 Å². The lowest BCUT2D eigenvalue weighted by Gasteiger charge is -2.20. The Kier molecular flexibility index (Phi) is 3.67. The van der Waals surface area contributed by atoms with E-state index in [0.717, 1.165) is 31.0 Å². The molecule has 2 N–H and O–H groups in total. The van der Waals surface area contributed by atoms with Gasteiger partial charge < -0.3 is 15.1 Å². The summed E-state index contributed by atoms with van der Waals surface area (Å²) in [5.74, 6) is 1.98. The summed E-state index contributed by atoms with van der Waals surface area (Å²) in [7, 11) is 0. The van der Waals surface area contributed by atoms with Crippen molar-refractivity contribution in [3.05, 3.63) is 59.5 Å². The Hall–Kier alpha value is -1.58. The van der Waals surface area contributed by atoms with Crippen molar-refractivity contribution in [1.82, 2.24) is 10.6 Å². The van der Waals surface area contributed by atoms with E-state index in [2.05, 4.69) is 41.0 Å². The van der Waals surface area contributed by atoms with E-state index in [1.165, 1.54) is 5.56 Å². The topological polar surface area (TPSA) is 37.2 Å². The highest BCUT2D eigenvalue weighted by Crippen LogP contribution is 2.23. The van der Waals surface area contributed by atoms with E-state index in [9.17, 15) is 0 Å². The quantitative estimate of drug-likeness (QED) is 0.883. The van der Waals surface area contributed by atoms with Gasteiger partial charge in [0.1, 0.15) is 11.5 Å². The molecule has 0 amide bonds. The molecule has 3 rings (SSSR count). The molecule has 3 nitrogen and oxygen atoms in total.